The fraction of sp³-hybridized carbons (Fsp3) is 0.583. The molecule has 2 unspecified atom stereocenters. The van der Waals surface area contributed by atoms with Gasteiger partial charge in [0.05, 0.1) is 24.0 Å². The molecule has 2 heterocycles. The van der Waals surface area contributed by atoms with Crippen molar-refractivity contribution >= 4 is 5.69 Å². The van der Waals surface area contributed by atoms with E-state index in [1.165, 1.54) is 16.7 Å². The number of benzene rings is 1. The number of hydrogen-bond acceptors (Lipinski definition) is 8. The van der Waals surface area contributed by atoms with Crippen molar-refractivity contribution in [3.05, 3.63) is 29.1 Å². The van der Waals surface area contributed by atoms with Gasteiger partial charge in [0.15, 0.2) is 23.3 Å². The Bertz CT molecular complexity index is 985. The summed E-state index contributed by atoms with van der Waals surface area (Å²) in [5, 5.41) is 50.5. The molecule has 1 aliphatic heterocycles. The average Bonchev–Trinajstić information content (AvgIpc) is 3.01. The van der Waals surface area contributed by atoms with Gasteiger partial charge in [-0.05, 0) is 26.8 Å². The standard InChI is InChI=1S/C24H34FN3O6/c1-14(2)34-22-13-19(29)17(25)12-18(22)27-8-6-26(7-9-27)4-3-5-28-23(32)15-10-20(30)21(31)11-16(15)24(28)33/h12-14,20-21,29-33H,3-11H2,1-2H3. The highest BCUT2D eigenvalue weighted by Gasteiger charge is 2.33. The number of rotatable bonds is 7. The molecule has 9 nitrogen and oxygen atoms in total. The highest BCUT2D eigenvalue weighted by atomic mass is 19.1. The van der Waals surface area contributed by atoms with Gasteiger partial charge in [-0.2, -0.15) is 0 Å². The normalized spacial score (nSPS) is 21.2. The molecule has 1 saturated heterocycles. The molecule has 1 aromatic carbocycles. The summed E-state index contributed by atoms with van der Waals surface area (Å²) in [5.41, 5.74) is 1.63. The van der Waals surface area contributed by atoms with Crippen molar-refractivity contribution in [1.29, 1.82) is 0 Å². The van der Waals surface area contributed by atoms with Gasteiger partial charge in [-0.3, -0.25) is 9.47 Å². The van der Waals surface area contributed by atoms with Crippen LogP contribution >= 0.6 is 0 Å². The fourth-order valence-corrected chi connectivity index (χ4v) is 4.82. The third-order valence-corrected chi connectivity index (χ3v) is 6.65. The molecular weight excluding hydrogens is 445 g/mol. The van der Waals surface area contributed by atoms with Crippen LogP contribution < -0.4 is 9.64 Å². The zero-order chi connectivity index (χ0) is 24.6. The van der Waals surface area contributed by atoms with Crippen molar-refractivity contribution in [2.75, 3.05) is 37.6 Å². The number of piperazine rings is 1. The Labute approximate surface area is 198 Å². The van der Waals surface area contributed by atoms with E-state index in [1.807, 2.05) is 18.7 Å². The predicted molar refractivity (Wildman–Crippen MR) is 124 cm³/mol. The van der Waals surface area contributed by atoms with Crippen molar-refractivity contribution in [2.24, 2.45) is 0 Å². The third-order valence-electron chi connectivity index (χ3n) is 6.65. The first kappa shape index (κ1) is 24.4. The smallest absolute Gasteiger partial charge is 0.197 e. The molecule has 4 rings (SSSR count). The summed E-state index contributed by atoms with van der Waals surface area (Å²) in [6.07, 6.45) is -1.08. The van der Waals surface area contributed by atoms with Crippen LogP contribution in [-0.4, -0.2) is 86.0 Å². The lowest BCUT2D eigenvalue weighted by Gasteiger charge is -2.37. The molecule has 2 atom stereocenters. The monoisotopic (exact) mass is 479 g/mol. The van der Waals surface area contributed by atoms with Gasteiger partial charge in [-0.25, -0.2) is 4.39 Å². The molecule has 2 aromatic rings. The van der Waals surface area contributed by atoms with E-state index in [0.717, 1.165) is 19.6 Å². The van der Waals surface area contributed by atoms with Crippen LogP contribution in [0.25, 0.3) is 0 Å². The number of halogens is 1. The Morgan fingerprint density at radius 1 is 0.941 bits per heavy atom. The van der Waals surface area contributed by atoms with Gasteiger partial charge in [0.25, 0.3) is 0 Å². The summed E-state index contributed by atoms with van der Waals surface area (Å²) in [4.78, 5) is 4.31. The fourth-order valence-electron chi connectivity index (χ4n) is 4.82. The van der Waals surface area contributed by atoms with E-state index < -0.39 is 23.8 Å². The van der Waals surface area contributed by atoms with Gasteiger partial charge in [0.1, 0.15) is 5.75 Å². The Hall–Kier alpha value is -2.69. The molecule has 0 saturated carbocycles. The quantitative estimate of drug-likeness (QED) is 0.406. The van der Waals surface area contributed by atoms with Crippen LogP contribution in [0.4, 0.5) is 10.1 Å². The SMILES string of the molecule is CC(C)Oc1cc(O)c(F)cc1N1CCN(CCCn2c(O)c3c(c2O)CC(O)C(O)C3)CC1. The zero-order valence-corrected chi connectivity index (χ0v) is 19.6. The van der Waals surface area contributed by atoms with Crippen LogP contribution in [-0.2, 0) is 19.4 Å². The first-order valence-electron chi connectivity index (χ1n) is 11.8. The summed E-state index contributed by atoms with van der Waals surface area (Å²) in [5.74, 6) is -0.742. The number of aromatic nitrogens is 1. The van der Waals surface area contributed by atoms with Gasteiger partial charge in [0, 0.05) is 68.8 Å². The number of nitrogens with zero attached hydrogens (tertiary/aromatic N) is 3. The molecule has 0 bridgehead atoms. The van der Waals surface area contributed by atoms with Crippen LogP contribution in [0, 0.1) is 5.82 Å². The van der Waals surface area contributed by atoms with Gasteiger partial charge >= 0.3 is 0 Å². The summed E-state index contributed by atoms with van der Waals surface area (Å²) >= 11 is 0. The number of ether oxygens (including phenoxy) is 1. The minimum absolute atomic E-state index is 0.0460. The molecular formula is C24H34FN3O6. The summed E-state index contributed by atoms with van der Waals surface area (Å²) in [6, 6.07) is 2.64. The van der Waals surface area contributed by atoms with E-state index in [1.54, 1.807) is 0 Å². The molecule has 2 aliphatic rings. The van der Waals surface area contributed by atoms with Crippen molar-refractivity contribution in [3.63, 3.8) is 0 Å². The molecule has 1 fully saturated rings. The summed E-state index contributed by atoms with van der Waals surface area (Å²) < 4.78 is 21.3. The minimum atomic E-state index is -0.946. The molecule has 188 valence electrons. The second kappa shape index (κ2) is 9.89. The number of phenolic OH excluding ortho intramolecular Hbond substituents is 1. The first-order chi connectivity index (χ1) is 16.2. The highest BCUT2D eigenvalue weighted by Crippen LogP contribution is 2.39. The average molecular weight is 480 g/mol. The Morgan fingerprint density at radius 2 is 1.53 bits per heavy atom. The highest BCUT2D eigenvalue weighted by molar-refractivity contribution is 5.61. The van der Waals surface area contributed by atoms with Crippen LogP contribution in [0.5, 0.6) is 23.3 Å². The molecule has 10 heteroatoms. The summed E-state index contributed by atoms with van der Waals surface area (Å²) in [6.45, 7) is 7.76. The van der Waals surface area contributed by atoms with E-state index in [9.17, 15) is 29.9 Å². The summed E-state index contributed by atoms with van der Waals surface area (Å²) in [7, 11) is 0. The lowest BCUT2D eigenvalue weighted by atomic mass is 9.90. The number of hydrogen-bond donors (Lipinski definition) is 5. The van der Waals surface area contributed by atoms with Crippen LogP contribution in [0.15, 0.2) is 12.1 Å². The lowest BCUT2D eigenvalue weighted by Crippen LogP contribution is -2.47. The van der Waals surface area contributed by atoms with E-state index in [0.29, 0.717) is 48.6 Å². The van der Waals surface area contributed by atoms with Crippen LogP contribution in [0.3, 0.4) is 0 Å². The number of anilines is 1. The maximum Gasteiger partial charge on any atom is 0.197 e. The topological polar surface area (TPSA) is 122 Å². The predicted octanol–water partition coefficient (Wildman–Crippen LogP) is 1.56. The Morgan fingerprint density at radius 3 is 2.09 bits per heavy atom. The Kier molecular flexibility index (Phi) is 7.11. The number of phenols is 1. The number of fused-ring (bicyclic) bond motifs is 1. The molecule has 0 amide bonds. The Balaban J connectivity index is 1.33. The van der Waals surface area contributed by atoms with Gasteiger partial charge < -0.3 is 35.2 Å². The number of aromatic hydroxyl groups is 3. The molecule has 0 spiro atoms. The van der Waals surface area contributed by atoms with E-state index >= 15 is 0 Å². The van der Waals surface area contributed by atoms with Gasteiger partial charge in [0.2, 0.25) is 0 Å². The molecule has 1 aromatic heterocycles. The van der Waals surface area contributed by atoms with Crippen molar-refractivity contribution < 1.29 is 34.7 Å². The number of aliphatic hydroxyl groups is 2. The molecule has 1 aliphatic carbocycles. The first-order valence-corrected chi connectivity index (χ1v) is 11.8. The van der Waals surface area contributed by atoms with Crippen LogP contribution in [0.2, 0.25) is 0 Å². The van der Waals surface area contributed by atoms with Gasteiger partial charge in [-0.1, -0.05) is 0 Å². The second-order valence-electron chi connectivity index (χ2n) is 9.42. The van der Waals surface area contributed by atoms with Crippen LogP contribution in [0.1, 0.15) is 31.4 Å². The maximum absolute atomic E-state index is 14.0. The van der Waals surface area contributed by atoms with Gasteiger partial charge in [-0.15, -0.1) is 0 Å². The number of aliphatic hydroxyl groups excluding tert-OH is 2. The van der Waals surface area contributed by atoms with Crippen molar-refractivity contribution in [1.82, 2.24) is 9.47 Å². The third kappa shape index (κ3) is 4.89. The maximum atomic E-state index is 14.0. The van der Waals surface area contributed by atoms with E-state index in [2.05, 4.69) is 4.90 Å². The van der Waals surface area contributed by atoms with E-state index in [4.69, 9.17) is 4.74 Å². The zero-order valence-electron chi connectivity index (χ0n) is 19.6. The van der Waals surface area contributed by atoms with Crippen molar-refractivity contribution in [3.8, 4) is 23.3 Å². The molecule has 34 heavy (non-hydrogen) atoms. The second-order valence-corrected chi connectivity index (χ2v) is 9.42. The van der Waals surface area contributed by atoms with Crippen molar-refractivity contribution in [2.45, 2.75) is 58.0 Å². The van der Waals surface area contributed by atoms with E-state index in [-0.39, 0.29) is 30.7 Å². The largest absolute Gasteiger partial charge is 0.505 e. The minimum Gasteiger partial charge on any atom is -0.505 e. The lowest BCUT2D eigenvalue weighted by molar-refractivity contribution is 0.0136. The molecule has 0 radical (unpaired) electrons. The molecule has 5 N–H and O–H groups in total.